The number of rotatable bonds is 6. The lowest BCUT2D eigenvalue weighted by Gasteiger charge is -2.23. The molecule has 0 bridgehead atoms. The molecule has 3 rings (SSSR count). The largest absolute Gasteiger partial charge is 0.335 e. The van der Waals surface area contributed by atoms with E-state index in [9.17, 15) is 0 Å². The molecule has 0 aliphatic heterocycles. The van der Waals surface area contributed by atoms with Crippen LogP contribution in [-0.2, 0) is 13.0 Å². The monoisotopic (exact) mass is 289 g/mol. The number of nitrogens with zero attached hydrogens (tertiary/aromatic N) is 2. The fraction of sp³-hybridized carbons (Fsp3) is 0.562. The molecule has 20 heavy (non-hydrogen) atoms. The Bertz CT molecular complexity index is 543. The molecular weight excluding hydrogens is 266 g/mol. The summed E-state index contributed by atoms with van der Waals surface area (Å²) in [5.74, 6) is 1.12. The highest BCUT2D eigenvalue weighted by atomic mass is 32.1. The Kier molecular flexibility index (Phi) is 4.53. The van der Waals surface area contributed by atoms with Crippen LogP contribution in [0.5, 0.6) is 0 Å². The molecule has 2 heterocycles. The second kappa shape index (κ2) is 6.55. The number of nitrogens with one attached hydrogen (secondary N) is 1. The van der Waals surface area contributed by atoms with Gasteiger partial charge in [0, 0.05) is 29.9 Å². The molecule has 0 spiro atoms. The molecule has 1 aliphatic carbocycles. The van der Waals surface area contributed by atoms with E-state index in [2.05, 4.69) is 39.4 Å². The van der Waals surface area contributed by atoms with E-state index in [1.807, 2.05) is 17.5 Å². The van der Waals surface area contributed by atoms with Crippen molar-refractivity contribution < 1.29 is 0 Å². The van der Waals surface area contributed by atoms with Crippen molar-refractivity contribution in [3.05, 3.63) is 40.1 Å². The van der Waals surface area contributed by atoms with Gasteiger partial charge in [-0.15, -0.1) is 11.3 Å². The maximum atomic E-state index is 4.26. The van der Waals surface area contributed by atoms with Crippen LogP contribution in [0.15, 0.2) is 23.8 Å². The lowest BCUT2D eigenvalue weighted by atomic mass is 9.94. The molecule has 0 saturated heterocycles. The molecular formula is C16H23N3S. The lowest BCUT2D eigenvalue weighted by molar-refractivity contribution is 0.449. The first kappa shape index (κ1) is 13.8. The zero-order chi connectivity index (χ0) is 13.8. The molecule has 2 aromatic rings. The fourth-order valence-corrected chi connectivity index (χ4v) is 4.01. The minimum atomic E-state index is 0.597. The van der Waals surface area contributed by atoms with Crippen molar-refractivity contribution in [2.45, 2.75) is 51.6 Å². The highest BCUT2D eigenvalue weighted by Gasteiger charge is 2.20. The van der Waals surface area contributed by atoms with Crippen molar-refractivity contribution in [1.29, 1.82) is 0 Å². The van der Waals surface area contributed by atoms with Gasteiger partial charge in [-0.1, -0.05) is 0 Å². The van der Waals surface area contributed by atoms with Crippen LogP contribution in [0, 0.1) is 6.92 Å². The number of aryl methyl sites for hydroxylation is 3. The van der Waals surface area contributed by atoms with Crippen LogP contribution in [0.4, 0.5) is 0 Å². The zero-order valence-electron chi connectivity index (χ0n) is 12.1. The van der Waals surface area contributed by atoms with Crippen LogP contribution in [-0.4, -0.2) is 16.1 Å². The molecule has 1 atom stereocenters. The molecule has 0 saturated carbocycles. The normalized spacial score (nSPS) is 18.1. The highest BCUT2D eigenvalue weighted by molar-refractivity contribution is 7.10. The number of fused-ring (bicyclic) bond motifs is 1. The van der Waals surface area contributed by atoms with Gasteiger partial charge in [-0.3, -0.25) is 0 Å². The van der Waals surface area contributed by atoms with Crippen molar-refractivity contribution >= 4 is 11.3 Å². The van der Waals surface area contributed by atoms with Crippen molar-refractivity contribution in [2.75, 3.05) is 6.54 Å². The Labute approximate surface area is 125 Å². The van der Waals surface area contributed by atoms with Crippen molar-refractivity contribution in [1.82, 2.24) is 14.9 Å². The summed E-state index contributed by atoms with van der Waals surface area (Å²) < 4.78 is 2.23. The minimum absolute atomic E-state index is 0.597. The molecule has 0 radical (unpaired) electrons. The van der Waals surface area contributed by atoms with Gasteiger partial charge in [0.05, 0.1) is 0 Å². The van der Waals surface area contributed by atoms with Crippen molar-refractivity contribution in [2.24, 2.45) is 0 Å². The summed E-state index contributed by atoms with van der Waals surface area (Å²) in [6.45, 7) is 4.27. The van der Waals surface area contributed by atoms with Gasteiger partial charge in [0.25, 0.3) is 0 Å². The van der Waals surface area contributed by atoms with Crippen LogP contribution in [0.1, 0.15) is 48.0 Å². The third kappa shape index (κ3) is 3.13. The third-order valence-electron chi connectivity index (χ3n) is 4.19. The summed E-state index contributed by atoms with van der Waals surface area (Å²) in [4.78, 5) is 5.86. The van der Waals surface area contributed by atoms with Crippen LogP contribution in [0.3, 0.4) is 0 Å². The first-order chi connectivity index (χ1) is 9.84. The number of hydrogen-bond donors (Lipinski definition) is 1. The van der Waals surface area contributed by atoms with E-state index >= 15 is 0 Å². The minimum Gasteiger partial charge on any atom is -0.335 e. The smallest absolute Gasteiger partial charge is 0.105 e. The van der Waals surface area contributed by atoms with Gasteiger partial charge in [-0.05, 0) is 62.6 Å². The summed E-state index contributed by atoms with van der Waals surface area (Å²) in [5, 5.41) is 5.98. The van der Waals surface area contributed by atoms with Crippen LogP contribution < -0.4 is 5.32 Å². The van der Waals surface area contributed by atoms with E-state index in [-0.39, 0.29) is 0 Å². The Balaban J connectivity index is 1.40. The van der Waals surface area contributed by atoms with Crippen LogP contribution in [0.25, 0.3) is 0 Å². The Morgan fingerprint density at radius 3 is 3.25 bits per heavy atom. The second-order valence-electron chi connectivity index (χ2n) is 5.57. The first-order valence-electron chi connectivity index (χ1n) is 7.62. The molecule has 0 fully saturated rings. The summed E-state index contributed by atoms with van der Waals surface area (Å²) in [5.41, 5.74) is 1.56. The molecule has 1 aliphatic rings. The van der Waals surface area contributed by atoms with Gasteiger partial charge in [-0.25, -0.2) is 4.98 Å². The van der Waals surface area contributed by atoms with E-state index in [1.54, 1.807) is 10.4 Å². The molecule has 0 unspecified atom stereocenters. The Morgan fingerprint density at radius 1 is 1.45 bits per heavy atom. The second-order valence-corrected chi connectivity index (χ2v) is 6.57. The van der Waals surface area contributed by atoms with E-state index < -0.39 is 0 Å². The first-order valence-corrected chi connectivity index (χ1v) is 8.50. The predicted octanol–water partition coefficient (Wildman–Crippen LogP) is 3.70. The number of unbranched alkanes of at least 4 members (excludes halogenated alkanes) is 1. The standard InChI is InChI=1S/C16H23N3S/c1-13-17-9-11-19(13)10-3-2-8-18-15-5-4-6-16-14(15)7-12-20-16/h7,9,11-12,15,18H,2-6,8,10H2,1H3/t15-/m1/s1. The predicted molar refractivity (Wildman–Crippen MR) is 84.2 cm³/mol. The maximum Gasteiger partial charge on any atom is 0.105 e. The summed E-state index contributed by atoms with van der Waals surface area (Å²) in [7, 11) is 0. The number of thiophene rings is 1. The van der Waals surface area contributed by atoms with Gasteiger partial charge in [0.15, 0.2) is 0 Å². The average molecular weight is 289 g/mol. The summed E-state index contributed by atoms with van der Waals surface area (Å²) in [6.07, 6.45) is 10.3. The topological polar surface area (TPSA) is 29.9 Å². The molecule has 1 N–H and O–H groups in total. The van der Waals surface area contributed by atoms with Gasteiger partial charge in [-0.2, -0.15) is 0 Å². The summed E-state index contributed by atoms with van der Waals surface area (Å²) in [6, 6.07) is 2.91. The molecule has 0 aromatic carbocycles. The molecule has 2 aromatic heterocycles. The van der Waals surface area contributed by atoms with Gasteiger partial charge in [0.2, 0.25) is 0 Å². The van der Waals surface area contributed by atoms with Gasteiger partial charge >= 0.3 is 0 Å². The SMILES string of the molecule is Cc1nccn1CCCCN[C@@H]1CCCc2sccc21. The van der Waals surface area contributed by atoms with Crippen molar-refractivity contribution in [3.8, 4) is 0 Å². The van der Waals surface area contributed by atoms with E-state index in [4.69, 9.17) is 0 Å². The third-order valence-corrected chi connectivity index (χ3v) is 5.19. The number of imidazole rings is 1. The molecule has 4 heteroatoms. The van der Waals surface area contributed by atoms with Crippen molar-refractivity contribution in [3.63, 3.8) is 0 Å². The van der Waals surface area contributed by atoms with Crippen LogP contribution >= 0.6 is 11.3 Å². The molecule has 108 valence electrons. The quantitative estimate of drug-likeness (QED) is 0.822. The molecule has 0 amide bonds. The van der Waals surface area contributed by atoms with E-state index in [1.165, 1.54) is 32.1 Å². The average Bonchev–Trinajstić information content (AvgIpc) is 3.08. The van der Waals surface area contributed by atoms with E-state index in [0.717, 1.165) is 18.9 Å². The fourth-order valence-electron chi connectivity index (χ4n) is 3.02. The number of aromatic nitrogens is 2. The van der Waals surface area contributed by atoms with Gasteiger partial charge in [0.1, 0.15) is 5.82 Å². The van der Waals surface area contributed by atoms with Gasteiger partial charge < -0.3 is 9.88 Å². The van der Waals surface area contributed by atoms with Crippen LogP contribution in [0.2, 0.25) is 0 Å². The molecule has 3 nitrogen and oxygen atoms in total. The maximum absolute atomic E-state index is 4.26. The number of hydrogen-bond acceptors (Lipinski definition) is 3. The highest BCUT2D eigenvalue weighted by Crippen LogP contribution is 2.33. The van der Waals surface area contributed by atoms with E-state index in [0.29, 0.717) is 6.04 Å². The Hall–Kier alpha value is -1.13. The zero-order valence-corrected chi connectivity index (χ0v) is 13.0. The lowest BCUT2D eigenvalue weighted by Crippen LogP contribution is -2.25. The Morgan fingerprint density at radius 2 is 2.40 bits per heavy atom. The summed E-state index contributed by atoms with van der Waals surface area (Å²) >= 11 is 1.92.